The molecule has 4 fully saturated rings. The van der Waals surface area contributed by atoms with E-state index in [0.717, 1.165) is 34.2 Å². The normalized spacial score (nSPS) is 37.5. The molecular weight excluding hydrogens is 352 g/mol. The maximum absolute atomic E-state index is 11.8. The zero-order valence-corrected chi connectivity index (χ0v) is 17.2. The Hall–Kier alpha value is -1.22. The largest absolute Gasteiger partial charge is 0.423 e. The van der Waals surface area contributed by atoms with Gasteiger partial charge in [0.1, 0.15) is 16.2 Å². The van der Waals surface area contributed by atoms with Crippen molar-refractivity contribution < 1.29 is 9.53 Å². The highest BCUT2D eigenvalue weighted by Gasteiger charge is 2.57. The fraction of sp³-hybridized carbons (Fsp3) is 0.625. The van der Waals surface area contributed by atoms with Crippen LogP contribution in [0.4, 0.5) is 0 Å². The summed E-state index contributed by atoms with van der Waals surface area (Å²) in [6.07, 6.45) is 11.8. The van der Waals surface area contributed by atoms with Crippen molar-refractivity contribution in [3.63, 3.8) is 0 Å². The Morgan fingerprint density at radius 2 is 1.48 bits per heavy atom. The molecule has 27 heavy (non-hydrogen) atoms. The zero-order chi connectivity index (χ0) is 18.5. The fourth-order valence-corrected chi connectivity index (χ4v) is 10.3. The van der Waals surface area contributed by atoms with E-state index in [1.807, 2.05) is 12.1 Å². The molecule has 4 bridgehead atoms. The first-order valence-corrected chi connectivity index (χ1v) is 12.1. The van der Waals surface area contributed by atoms with Gasteiger partial charge in [0.25, 0.3) is 0 Å². The van der Waals surface area contributed by atoms with E-state index < -0.39 is 0 Å². The number of hydrogen-bond acceptors (Lipinski definition) is 2. The van der Waals surface area contributed by atoms with Crippen molar-refractivity contribution in [3.8, 4) is 5.75 Å². The fourth-order valence-electron chi connectivity index (χ4n) is 6.43. The van der Waals surface area contributed by atoms with Crippen molar-refractivity contribution >= 4 is 16.9 Å². The molecule has 4 aliphatic carbocycles. The van der Waals surface area contributed by atoms with E-state index in [1.165, 1.54) is 56.3 Å². The summed E-state index contributed by atoms with van der Waals surface area (Å²) < 4.78 is 5.42. The first kappa shape index (κ1) is 17.8. The topological polar surface area (TPSA) is 26.3 Å². The molecule has 1 aromatic carbocycles. The van der Waals surface area contributed by atoms with Gasteiger partial charge in [0, 0.05) is 28.3 Å². The van der Waals surface area contributed by atoms with Crippen LogP contribution in [-0.4, -0.2) is 16.5 Å². The molecule has 0 heterocycles. The first-order valence-electron chi connectivity index (χ1n) is 10.8. The predicted molar refractivity (Wildman–Crippen MR) is 111 cm³/mol. The lowest BCUT2D eigenvalue weighted by Crippen LogP contribution is -2.38. The highest BCUT2D eigenvalue weighted by molar-refractivity contribution is 7.98. The van der Waals surface area contributed by atoms with Gasteiger partial charge in [0.2, 0.25) is 0 Å². The number of fused-ring (bicyclic) bond motifs is 4. The molecule has 3 heteroatoms. The van der Waals surface area contributed by atoms with Gasteiger partial charge in [-0.3, -0.25) is 0 Å². The Kier molecular flexibility index (Phi) is 4.62. The molecule has 0 radical (unpaired) electrons. The molecule has 1 aromatic rings. The van der Waals surface area contributed by atoms with Crippen LogP contribution in [0.25, 0.3) is 0 Å². The van der Waals surface area contributed by atoms with Crippen molar-refractivity contribution in [3.05, 3.63) is 36.4 Å². The van der Waals surface area contributed by atoms with Crippen LogP contribution in [-0.2, 0) is 15.7 Å². The third kappa shape index (κ3) is 3.26. The molecule has 0 aromatic heterocycles. The molecule has 4 saturated carbocycles. The average Bonchev–Trinajstić information content (AvgIpc) is 3.45. The third-order valence-electron chi connectivity index (χ3n) is 7.65. The minimum absolute atomic E-state index is 0.331. The lowest BCUT2D eigenvalue weighted by molar-refractivity contribution is -0.130. The number of benzene rings is 1. The zero-order valence-electron chi connectivity index (χ0n) is 16.4. The standard InChI is InChI=1S/C24H31O2S/c1-15(2)24(25)26-20-7-9-21(10-8-20)27(22-13-16-3-5-18(22)11-16)23-14-17-4-6-19(23)12-17/h7-10,16-19,22-23H,1,3-6,11-14H2,2H3/q+1. The molecule has 6 unspecified atom stereocenters. The highest BCUT2D eigenvalue weighted by atomic mass is 32.2. The molecule has 5 rings (SSSR count). The monoisotopic (exact) mass is 383 g/mol. The minimum Gasteiger partial charge on any atom is -0.423 e. The summed E-state index contributed by atoms with van der Waals surface area (Å²) in [6.45, 7) is 5.36. The number of rotatable bonds is 5. The smallest absolute Gasteiger partial charge is 0.338 e. The molecule has 0 aliphatic heterocycles. The van der Waals surface area contributed by atoms with Crippen molar-refractivity contribution in [2.24, 2.45) is 23.7 Å². The Labute approximate surface area is 166 Å². The van der Waals surface area contributed by atoms with Crippen molar-refractivity contribution in [2.75, 3.05) is 0 Å². The van der Waals surface area contributed by atoms with Crippen LogP contribution in [0.2, 0.25) is 0 Å². The van der Waals surface area contributed by atoms with Crippen molar-refractivity contribution in [2.45, 2.75) is 73.7 Å². The number of esters is 1. The lowest BCUT2D eigenvalue weighted by Gasteiger charge is -2.30. The average molecular weight is 384 g/mol. The maximum Gasteiger partial charge on any atom is 0.338 e. The maximum atomic E-state index is 11.8. The van der Waals surface area contributed by atoms with E-state index in [2.05, 4.69) is 18.7 Å². The Balaban J connectivity index is 1.40. The van der Waals surface area contributed by atoms with Crippen LogP contribution in [0.3, 0.4) is 0 Å². The van der Waals surface area contributed by atoms with Crippen LogP contribution in [0.5, 0.6) is 5.75 Å². The molecule has 2 nitrogen and oxygen atoms in total. The van der Waals surface area contributed by atoms with Gasteiger partial charge in [-0.25, -0.2) is 4.79 Å². The van der Waals surface area contributed by atoms with Crippen LogP contribution in [0.1, 0.15) is 58.3 Å². The Morgan fingerprint density at radius 3 is 1.89 bits per heavy atom. The summed E-state index contributed by atoms with van der Waals surface area (Å²) in [6, 6.07) is 8.55. The Bertz CT molecular complexity index is 711. The number of carbonyl (C=O) groups is 1. The second-order valence-corrected chi connectivity index (χ2v) is 11.9. The molecule has 6 atom stereocenters. The van der Waals surface area contributed by atoms with E-state index in [9.17, 15) is 4.79 Å². The van der Waals surface area contributed by atoms with Gasteiger partial charge in [0.05, 0.1) is 0 Å². The van der Waals surface area contributed by atoms with Gasteiger partial charge in [-0.2, -0.15) is 0 Å². The van der Waals surface area contributed by atoms with E-state index in [-0.39, 0.29) is 5.97 Å². The van der Waals surface area contributed by atoms with Crippen LogP contribution >= 0.6 is 0 Å². The lowest BCUT2D eigenvalue weighted by atomic mass is 10.00. The third-order valence-corrected chi connectivity index (χ3v) is 10.9. The SMILES string of the molecule is C=C(C)C(=O)Oc1ccc([S+](C2CC3CCC2C3)C2CC3CCC2C3)cc1. The Morgan fingerprint density at radius 1 is 0.926 bits per heavy atom. The first-order chi connectivity index (χ1) is 13.1. The molecule has 0 saturated heterocycles. The number of hydrogen-bond donors (Lipinski definition) is 0. The predicted octanol–water partition coefficient (Wildman–Crippen LogP) is 5.52. The number of ether oxygens (including phenoxy) is 1. The summed E-state index contributed by atoms with van der Waals surface area (Å²) in [5.74, 6) is 4.27. The molecule has 0 amide bonds. The molecule has 0 spiro atoms. The summed E-state index contributed by atoms with van der Waals surface area (Å²) >= 11 is 0. The van der Waals surface area contributed by atoms with E-state index in [4.69, 9.17) is 4.74 Å². The number of carbonyl (C=O) groups excluding carboxylic acids is 1. The second kappa shape index (κ2) is 6.99. The molecule has 0 N–H and O–H groups in total. The molecular formula is C24H31O2S+. The molecule has 4 aliphatic rings. The van der Waals surface area contributed by atoms with Gasteiger partial charge < -0.3 is 4.74 Å². The summed E-state index contributed by atoms with van der Waals surface area (Å²) in [5, 5.41) is 1.83. The van der Waals surface area contributed by atoms with Gasteiger partial charge in [0.15, 0.2) is 4.90 Å². The van der Waals surface area contributed by atoms with Gasteiger partial charge in [-0.1, -0.05) is 6.58 Å². The van der Waals surface area contributed by atoms with Crippen LogP contribution in [0.15, 0.2) is 41.3 Å². The van der Waals surface area contributed by atoms with Gasteiger partial charge >= 0.3 is 5.97 Å². The van der Waals surface area contributed by atoms with Crippen LogP contribution < -0.4 is 4.74 Å². The van der Waals surface area contributed by atoms with Crippen molar-refractivity contribution in [1.29, 1.82) is 0 Å². The minimum atomic E-state index is -0.331. The highest BCUT2D eigenvalue weighted by Crippen LogP contribution is 2.55. The van der Waals surface area contributed by atoms with Gasteiger partial charge in [-0.05, 0) is 94.4 Å². The summed E-state index contributed by atoms with van der Waals surface area (Å²) in [4.78, 5) is 13.3. The quantitative estimate of drug-likeness (QED) is 0.289. The molecule has 144 valence electrons. The van der Waals surface area contributed by atoms with Crippen molar-refractivity contribution in [1.82, 2.24) is 0 Å². The van der Waals surface area contributed by atoms with E-state index >= 15 is 0 Å². The summed E-state index contributed by atoms with van der Waals surface area (Å²) in [5.41, 5.74) is 0.447. The summed E-state index contributed by atoms with van der Waals surface area (Å²) in [7, 11) is 0.375. The second-order valence-electron chi connectivity index (χ2n) is 9.44. The van der Waals surface area contributed by atoms with E-state index in [1.54, 1.807) is 6.92 Å². The van der Waals surface area contributed by atoms with Crippen LogP contribution in [0, 0.1) is 23.7 Å². The van der Waals surface area contributed by atoms with Gasteiger partial charge in [-0.15, -0.1) is 0 Å². The van der Waals surface area contributed by atoms with E-state index in [0.29, 0.717) is 22.2 Å².